The molecule has 1 aromatic carbocycles. The Hall–Kier alpha value is -1.13. The van der Waals surface area contributed by atoms with Crippen LogP contribution in [0.3, 0.4) is 0 Å². The molecule has 106 valence electrons. The van der Waals surface area contributed by atoms with E-state index < -0.39 is 0 Å². The van der Waals surface area contributed by atoms with Crippen molar-refractivity contribution in [2.24, 2.45) is 11.1 Å². The van der Waals surface area contributed by atoms with Crippen molar-refractivity contribution in [3.05, 3.63) is 30.1 Å². The van der Waals surface area contributed by atoms with Crippen LogP contribution in [0.1, 0.15) is 20.3 Å². The minimum atomic E-state index is -0.237. The molecule has 1 aliphatic heterocycles. The van der Waals surface area contributed by atoms with Gasteiger partial charge in [0.15, 0.2) is 0 Å². The van der Waals surface area contributed by atoms with Crippen molar-refractivity contribution in [3.8, 4) is 5.75 Å². The number of hydrogen-bond donors (Lipinski definition) is 1. The summed E-state index contributed by atoms with van der Waals surface area (Å²) in [6.07, 6.45) is 1.03. The Labute approximate surface area is 114 Å². The van der Waals surface area contributed by atoms with Crippen LogP contribution in [0.5, 0.6) is 5.75 Å². The van der Waals surface area contributed by atoms with Gasteiger partial charge >= 0.3 is 0 Å². The summed E-state index contributed by atoms with van der Waals surface area (Å²) < 4.78 is 18.4. The van der Waals surface area contributed by atoms with Gasteiger partial charge in [0, 0.05) is 19.1 Å². The summed E-state index contributed by atoms with van der Waals surface area (Å²) in [6, 6.07) is 6.43. The van der Waals surface area contributed by atoms with Crippen molar-refractivity contribution in [2.75, 3.05) is 26.2 Å². The molecule has 0 spiro atoms. The number of halogens is 1. The summed E-state index contributed by atoms with van der Waals surface area (Å²) in [7, 11) is 0. The summed E-state index contributed by atoms with van der Waals surface area (Å²) >= 11 is 0. The van der Waals surface area contributed by atoms with Crippen LogP contribution in [0, 0.1) is 11.2 Å². The number of hydrogen-bond acceptors (Lipinski definition) is 3. The number of nitrogens with zero attached hydrogens (tertiary/aromatic N) is 1. The summed E-state index contributed by atoms with van der Waals surface area (Å²) in [4.78, 5) is 2.38. The molecule has 0 aliphatic carbocycles. The van der Waals surface area contributed by atoms with E-state index in [-0.39, 0.29) is 17.3 Å². The second-order valence-electron chi connectivity index (χ2n) is 5.96. The van der Waals surface area contributed by atoms with Gasteiger partial charge < -0.3 is 10.5 Å². The molecule has 2 rings (SSSR count). The lowest BCUT2D eigenvalue weighted by Gasteiger charge is -2.42. The van der Waals surface area contributed by atoms with Gasteiger partial charge in [-0.05, 0) is 42.6 Å². The summed E-state index contributed by atoms with van der Waals surface area (Å²) in [5.41, 5.74) is 6.28. The Morgan fingerprint density at radius 2 is 2.05 bits per heavy atom. The van der Waals surface area contributed by atoms with E-state index in [0.717, 1.165) is 31.8 Å². The van der Waals surface area contributed by atoms with Gasteiger partial charge in [0.05, 0.1) is 0 Å². The minimum absolute atomic E-state index is 0.161. The molecule has 0 radical (unpaired) electrons. The molecular formula is C15H23FN2O. The number of piperidine rings is 1. The van der Waals surface area contributed by atoms with Crippen molar-refractivity contribution in [1.82, 2.24) is 4.90 Å². The second kappa shape index (κ2) is 5.88. The third kappa shape index (κ3) is 3.91. The van der Waals surface area contributed by atoms with Crippen LogP contribution in [0.15, 0.2) is 24.3 Å². The van der Waals surface area contributed by atoms with Crippen LogP contribution in [0.4, 0.5) is 4.39 Å². The van der Waals surface area contributed by atoms with Gasteiger partial charge in [-0.25, -0.2) is 4.39 Å². The lowest BCUT2D eigenvalue weighted by molar-refractivity contribution is 0.0831. The highest BCUT2D eigenvalue weighted by Gasteiger charge is 2.32. The van der Waals surface area contributed by atoms with Crippen molar-refractivity contribution in [3.63, 3.8) is 0 Å². The molecule has 0 aromatic heterocycles. The molecule has 1 aliphatic rings. The number of likely N-dealkylation sites (tertiary alicyclic amines) is 1. The third-order valence-corrected chi connectivity index (χ3v) is 3.88. The van der Waals surface area contributed by atoms with E-state index >= 15 is 0 Å². The maximum Gasteiger partial charge on any atom is 0.123 e. The predicted molar refractivity (Wildman–Crippen MR) is 74.7 cm³/mol. The molecule has 1 heterocycles. The van der Waals surface area contributed by atoms with Crippen LogP contribution in [-0.4, -0.2) is 37.2 Å². The molecule has 4 heteroatoms. The van der Waals surface area contributed by atoms with Crippen LogP contribution >= 0.6 is 0 Å². The standard InChI is InChI=1S/C15H23FN2O/c1-15(2)11-18(8-7-14(15)17)9-10-19-13-5-3-12(16)4-6-13/h3-6,14H,7-11,17H2,1-2H3. The first-order valence-electron chi connectivity index (χ1n) is 6.84. The SMILES string of the molecule is CC1(C)CN(CCOc2ccc(F)cc2)CCC1N. The van der Waals surface area contributed by atoms with Gasteiger partial charge in [-0.3, -0.25) is 4.90 Å². The molecule has 1 fully saturated rings. The summed E-state index contributed by atoms with van der Waals surface area (Å²) in [6.45, 7) is 7.96. The van der Waals surface area contributed by atoms with Crippen LogP contribution in [0.25, 0.3) is 0 Å². The zero-order valence-corrected chi connectivity index (χ0v) is 11.7. The predicted octanol–water partition coefficient (Wildman–Crippen LogP) is 2.26. The minimum Gasteiger partial charge on any atom is -0.492 e. The first-order chi connectivity index (χ1) is 8.97. The van der Waals surface area contributed by atoms with Crippen molar-refractivity contribution >= 4 is 0 Å². The first kappa shape index (κ1) is 14.3. The van der Waals surface area contributed by atoms with E-state index in [9.17, 15) is 4.39 Å². The smallest absolute Gasteiger partial charge is 0.123 e. The molecule has 0 amide bonds. The fourth-order valence-corrected chi connectivity index (χ4v) is 2.50. The van der Waals surface area contributed by atoms with Gasteiger partial charge in [0.25, 0.3) is 0 Å². The number of benzene rings is 1. The Kier molecular flexibility index (Phi) is 4.42. The topological polar surface area (TPSA) is 38.5 Å². The Balaban J connectivity index is 1.76. The molecular weight excluding hydrogens is 243 g/mol. The van der Waals surface area contributed by atoms with Crippen molar-refractivity contribution in [2.45, 2.75) is 26.3 Å². The molecule has 1 atom stereocenters. The first-order valence-corrected chi connectivity index (χ1v) is 6.84. The molecule has 1 unspecified atom stereocenters. The van der Waals surface area contributed by atoms with E-state index in [2.05, 4.69) is 18.7 Å². The van der Waals surface area contributed by atoms with E-state index in [1.54, 1.807) is 12.1 Å². The van der Waals surface area contributed by atoms with Crippen LogP contribution < -0.4 is 10.5 Å². The monoisotopic (exact) mass is 266 g/mol. The zero-order valence-electron chi connectivity index (χ0n) is 11.7. The maximum absolute atomic E-state index is 12.7. The maximum atomic E-state index is 12.7. The van der Waals surface area contributed by atoms with Crippen LogP contribution in [0.2, 0.25) is 0 Å². The molecule has 1 saturated heterocycles. The van der Waals surface area contributed by atoms with E-state index in [4.69, 9.17) is 10.5 Å². The number of rotatable bonds is 4. The highest BCUT2D eigenvalue weighted by atomic mass is 19.1. The molecule has 3 nitrogen and oxygen atoms in total. The Morgan fingerprint density at radius 3 is 2.68 bits per heavy atom. The summed E-state index contributed by atoms with van der Waals surface area (Å²) in [5, 5.41) is 0. The highest BCUT2D eigenvalue weighted by Crippen LogP contribution is 2.27. The van der Waals surface area contributed by atoms with Gasteiger partial charge in [-0.2, -0.15) is 0 Å². The lowest BCUT2D eigenvalue weighted by Crippen LogP contribution is -2.53. The van der Waals surface area contributed by atoms with Crippen LogP contribution in [-0.2, 0) is 0 Å². The van der Waals surface area contributed by atoms with Crippen molar-refractivity contribution in [1.29, 1.82) is 0 Å². The Morgan fingerprint density at radius 1 is 1.37 bits per heavy atom. The molecule has 1 aromatic rings. The molecule has 2 N–H and O–H groups in total. The number of ether oxygens (including phenoxy) is 1. The zero-order chi connectivity index (χ0) is 13.9. The quantitative estimate of drug-likeness (QED) is 0.908. The molecule has 0 saturated carbocycles. The van der Waals surface area contributed by atoms with E-state index in [1.165, 1.54) is 12.1 Å². The normalized spacial score (nSPS) is 23.3. The molecule has 0 bridgehead atoms. The lowest BCUT2D eigenvalue weighted by atomic mass is 9.80. The Bertz CT molecular complexity index is 405. The second-order valence-corrected chi connectivity index (χ2v) is 5.96. The average Bonchev–Trinajstić information content (AvgIpc) is 2.36. The third-order valence-electron chi connectivity index (χ3n) is 3.88. The van der Waals surface area contributed by atoms with E-state index in [0.29, 0.717) is 6.61 Å². The number of nitrogens with two attached hydrogens (primary N) is 1. The van der Waals surface area contributed by atoms with Gasteiger partial charge in [-0.15, -0.1) is 0 Å². The largest absolute Gasteiger partial charge is 0.492 e. The van der Waals surface area contributed by atoms with E-state index in [1.807, 2.05) is 0 Å². The van der Waals surface area contributed by atoms with Crippen molar-refractivity contribution < 1.29 is 9.13 Å². The van der Waals surface area contributed by atoms with Gasteiger partial charge in [0.1, 0.15) is 18.2 Å². The molecule has 19 heavy (non-hydrogen) atoms. The fraction of sp³-hybridized carbons (Fsp3) is 0.600. The highest BCUT2D eigenvalue weighted by molar-refractivity contribution is 5.21. The average molecular weight is 266 g/mol. The van der Waals surface area contributed by atoms with Gasteiger partial charge in [0.2, 0.25) is 0 Å². The fourth-order valence-electron chi connectivity index (χ4n) is 2.50. The van der Waals surface area contributed by atoms with Gasteiger partial charge in [-0.1, -0.05) is 13.8 Å². The summed E-state index contributed by atoms with van der Waals surface area (Å²) in [5.74, 6) is 0.480.